The summed E-state index contributed by atoms with van der Waals surface area (Å²) in [4.78, 5) is 2.28. The van der Waals surface area contributed by atoms with Crippen molar-refractivity contribution in [2.24, 2.45) is 0 Å². The van der Waals surface area contributed by atoms with Gasteiger partial charge in [-0.25, -0.2) is 0 Å². The molecule has 0 amide bonds. The Labute approximate surface area is 80.7 Å². The third kappa shape index (κ3) is 4.07. The van der Waals surface area contributed by atoms with Gasteiger partial charge in [-0.1, -0.05) is 13.3 Å². The number of β-amino-alcohol motifs (C(OH)–C–C–N with tert-alkyl or cyclic N) is 1. The van der Waals surface area contributed by atoms with E-state index in [1.165, 1.54) is 0 Å². The molecule has 1 unspecified atom stereocenters. The minimum Gasteiger partial charge on any atom is -0.389 e. The predicted molar refractivity (Wildman–Crippen MR) is 52.8 cm³/mol. The van der Waals surface area contributed by atoms with E-state index in [1.807, 2.05) is 6.92 Å². The van der Waals surface area contributed by atoms with Gasteiger partial charge < -0.3 is 9.84 Å². The first kappa shape index (κ1) is 11.0. The van der Waals surface area contributed by atoms with Gasteiger partial charge in [-0.2, -0.15) is 0 Å². The second-order valence-electron chi connectivity index (χ2n) is 4.14. The van der Waals surface area contributed by atoms with E-state index in [2.05, 4.69) is 11.8 Å². The monoisotopic (exact) mass is 187 g/mol. The molecule has 1 atom stereocenters. The molecule has 1 heterocycles. The van der Waals surface area contributed by atoms with E-state index in [9.17, 15) is 5.11 Å². The molecule has 0 bridgehead atoms. The Morgan fingerprint density at radius 1 is 1.38 bits per heavy atom. The van der Waals surface area contributed by atoms with Crippen molar-refractivity contribution in [1.29, 1.82) is 0 Å². The summed E-state index contributed by atoms with van der Waals surface area (Å²) in [6, 6.07) is 0. The zero-order valence-electron chi connectivity index (χ0n) is 8.75. The Bertz CT molecular complexity index is 142. The fourth-order valence-corrected chi connectivity index (χ4v) is 1.86. The predicted octanol–water partition coefficient (Wildman–Crippen LogP) is 0.870. The molecule has 0 aromatic heterocycles. The fraction of sp³-hybridized carbons (Fsp3) is 1.00. The lowest BCUT2D eigenvalue weighted by atomic mass is 10.00. The van der Waals surface area contributed by atoms with Crippen molar-refractivity contribution < 1.29 is 9.84 Å². The molecule has 0 aromatic carbocycles. The molecule has 1 aliphatic rings. The van der Waals surface area contributed by atoms with Crippen LogP contribution in [0.25, 0.3) is 0 Å². The highest BCUT2D eigenvalue weighted by molar-refractivity contribution is 4.77. The smallest absolute Gasteiger partial charge is 0.0746 e. The van der Waals surface area contributed by atoms with Crippen LogP contribution in [0.15, 0.2) is 0 Å². The normalized spacial score (nSPS) is 24.2. The van der Waals surface area contributed by atoms with E-state index in [1.54, 1.807) is 0 Å². The van der Waals surface area contributed by atoms with Crippen molar-refractivity contribution in [3.8, 4) is 0 Å². The Morgan fingerprint density at radius 3 is 2.54 bits per heavy atom. The average molecular weight is 187 g/mol. The summed E-state index contributed by atoms with van der Waals surface area (Å²) in [5.41, 5.74) is -0.522. The Morgan fingerprint density at radius 2 is 2.00 bits per heavy atom. The van der Waals surface area contributed by atoms with E-state index in [0.717, 1.165) is 45.7 Å². The quantitative estimate of drug-likeness (QED) is 0.709. The van der Waals surface area contributed by atoms with E-state index < -0.39 is 5.60 Å². The van der Waals surface area contributed by atoms with Crippen molar-refractivity contribution >= 4 is 0 Å². The molecule has 1 N–H and O–H groups in total. The molecule has 1 saturated heterocycles. The molecule has 3 nitrogen and oxygen atoms in total. The first-order valence-corrected chi connectivity index (χ1v) is 5.16. The minimum absolute atomic E-state index is 0.522. The molecule has 78 valence electrons. The molecule has 0 aromatic rings. The number of aliphatic hydroxyl groups is 1. The van der Waals surface area contributed by atoms with E-state index in [4.69, 9.17) is 4.74 Å². The first-order chi connectivity index (χ1) is 6.14. The van der Waals surface area contributed by atoms with E-state index >= 15 is 0 Å². The summed E-state index contributed by atoms with van der Waals surface area (Å²) in [5.74, 6) is 0. The lowest BCUT2D eigenvalue weighted by Gasteiger charge is -2.33. The second-order valence-corrected chi connectivity index (χ2v) is 4.14. The maximum Gasteiger partial charge on any atom is 0.0746 e. The standard InChI is InChI=1S/C10H21NO2/c1-3-4-10(2,12)9-11-5-7-13-8-6-11/h12H,3-9H2,1-2H3. The van der Waals surface area contributed by atoms with Crippen LogP contribution in [-0.4, -0.2) is 48.5 Å². The lowest BCUT2D eigenvalue weighted by Crippen LogP contribution is -2.45. The van der Waals surface area contributed by atoms with Gasteiger partial charge in [0.25, 0.3) is 0 Å². The summed E-state index contributed by atoms with van der Waals surface area (Å²) in [6.07, 6.45) is 1.92. The summed E-state index contributed by atoms with van der Waals surface area (Å²) in [7, 11) is 0. The molecule has 0 saturated carbocycles. The third-order valence-corrected chi connectivity index (χ3v) is 2.46. The Hall–Kier alpha value is -0.120. The van der Waals surface area contributed by atoms with Crippen LogP contribution < -0.4 is 0 Å². The zero-order valence-corrected chi connectivity index (χ0v) is 8.75. The molecular weight excluding hydrogens is 166 g/mol. The molecule has 0 aliphatic carbocycles. The summed E-state index contributed by atoms with van der Waals surface area (Å²) in [5, 5.41) is 9.98. The average Bonchev–Trinajstić information content (AvgIpc) is 2.04. The highest BCUT2D eigenvalue weighted by atomic mass is 16.5. The largest absolute Gasteiger partial charge is 0.389 e. The maximum absolute atomic E-state index is 9.98. The van der Waals surface area contributed by atoms with Crippen LogP contribution in [0.5, 0.6) is 0 Å². The van der Waals surface area contributed by atoms with Gasteiger partial charge in [-0.3, -0.25) is 4.90 Å². The van der Waals surface area contributed by atoms with Gasteiger partial charge >= 0.3 is 0 Å². The molecule has 1 fully saturated rings. The Kier molecular flexibility index (Phi) is 4.16. The highest BCUT2D eigenvalue weighted by Crippen LogP contribution is 2.14. The number of ether oxygens (including phenoxy) is 1. The molecule has 1 rings (SSSR count). The van der Waals surface area contributed by atoms with Crippen molar-refractivity contribution in [3.05, 3.63) is 0 Å². The molecular formula is C10H21NO2. The van der Waals surface area contributed by atoms with Crippen LogP contribution in [0, 0.1) is 0 Å². The second kappa shape index (κ2) is 4.94. The van der Waals surface area contributed by atoms with Gasteiger partial charge in [0.1, 0.15) is 0 Å². The van der Waals surface area contributed by atoms with Crippen LogP contribution >= 0.6 is 0 Å². The first-order valence-electron chi connectivity index (χ1n) is 5.16. The van der Waals surface area contributed by atoms with Gasteiger partial charge in [0.2, 0.25) is 0 Å². The molecule has 13 heavy (non-hydrogen) atoms. The SMILES string of the molecule is CCCC(C)(O)CN1CCOCC1. The number of hydrogen-bond acceptors (Lipinski definition) is 3. The van der Waals surface area contributed by atoms with Crippen molar-refractivity contribution in [1.82, 2.24) is 4.90 Å². The van der Waals surface area contributed by atoms with Crippen LogP contribution in [0.2, 0.25) is 0 Å². The number of morpholine rings is 1. The third-order valence-electron chi connectivity index (χ3n) is 2.46. The van der Waals surface area contributed by atoms with Gasteiger partial charge in [-0.05, 0) is 13.3 Å². The van der Waals surface area contributed by atoms with Crippen LogP contribution in [0.1, 0.15) is 26.7 Å². The van der Waals surface area contributed by atoms with Gasteiger partial charge in [0.05, 0.1) is 18.8 Å². The van der Waals surface area contributed by atoms with Gasteiger partial charge in [-0.15, -0.1) is 0 Å². The van der Waals surface area contributed by atoms with E-state index in [0.29, 0.717) is 0 Å². The number of nitrogens with zero attached hydrogens (tertiary/aromatic N) is 1. The van der Waals surface area contributed by atoms with Crippen LogP contribution in [0.3, 0.4) is 0 Å². The lowest BCUT2D eigenvalue weighted by molar-refractivity contribution is -0.0266. The topological polar surface area (TPSA) is 32.7 Å². The summed E-state index contributed by atoms with van der Waals surface area (Å²) in [6.45, 7) is 8.34. The number of rotatable bonds is 4. The van der Waals surface area contributed by atoms with Gasteiger partial charge in [0, 0.05) is 19.6 Å². The molecule has 1 aliphatic heterocycles. The molecule has 3 heteroatoms. The molecule has 0 radical (unpaired) electrons. The van der Waals surface area contributed by atoms with Crippen LogP contribution in [0.4, 0.5) is 0 Å². The van der Waals surface area contributed by atoms with Gasteiger partial charge in [0.15, 0.2) is 0 Å². The van der Waals surface area contributed by atoms with Crippen molar-refractivity contribution in [2.75, 3.05) is 32.8 Å². The van der Waals surface area contributed by atoms with Crippen molar-refractivity contribution in [3.63, 3.8) is 0 Å². The zero-order chi connectivity index (χ0) is 9.73. The highest BCUT2D eigenvalue weighted by Gasteiger charge is 2.23. The minimum atomic E-state index is -0.522. The summed E-state index contributed by atoms with van der Waals surface area (Å²) >= 11 is 0. The Balaban J connectivity index is 2.28. The molecule has 0 spiro atoms. The fourth-order valence-electron chi connectivity index (χ4n) is 1.86. The van der Waals surface area contributed by atoms with Crippen molar-refractivity contribution in [2.45, 2.75) is 32.3 Å². The van der Waals surface area contributed by atoms with E-state index in [-0.39, 0.29) is 0 Å². The van der Waals surface area contributed by atoms with Crippen LogP contribution in [-0.2, 0) is 4.74 Å². The maximum atomic E-state index is 9.98. The summed E-state index contributed by atoms with van der Waals surface area (Å²) < 4.78 is 5.25. The number of hydrogen-bond donors (Lipinski definition) is 1.